The zero-order valence-corrected chi connectivity index (χ0v) is 11.9. The van der Waals surface area contributed by atoms with Crippen LogP contribution in [-0.2, 0) is 0 Å². The Labute approximate surface area is 121 Å². The third-order valence-electron chi connectivity index (χ3n) is 3.27. The maximum atomic E-state index is 12.2. The summed E-state index contributed by atoms with van der Waals surface area (Å²) in [6.07, 6.45) is 0. The summed E-state index contributed by atoms with van der Waals surface area (Å²) >= 11 is 0. The topological polar surface area (TPSA) is 99.8 Å². The average Bonchev–Trinajstić information content (AvgIpc) is 2.62. The molecule has 3 N–H and O–H groups in total. The molecule has 1 amide bonds. The van der Waals surface area contributed by atoms with Crippen molar-refractivity contribution in [2.45, 2.75) is 20.8 Å². The summed E-state index contributed by atoms with van der Waals surface area (Å²) in [5.41, 5.74) is 1.27. The van der Waals surface area contributed by atoms with Crippen molar-refractivity contribution < 1.29 is 24.2 Å². The molecule has 110 valence electrons. The second kappa shape index (κ2) is 5.32. The number of anilines is 1. The average molecular weight is 289 g/mol. The number of amides is 1. The minimum Gasteiger partial charge on any atom is -0.507 e. The predicted molar refractivity (Wildman–Crippen MR) is 75.9 cm³/mol. The molecule has 0 aliphatic rings. The maximum Gasteiger partial charge on any atom is 0.339 e. The largest absolute Gasteiger partial charge is 0.507 e. The molecule has 21 heavy (non-hydrogen) atoms. The zero-order valence-electron chi connectivity index (χ0n) is 11.9. The highest BCUT2D eigenvalue weighted by Crippen LogP contribution is 2.25. The van der Waals surface area contributed by atoms with Gasteiger partial charge in [-0.05, 0) is 32.9 Å². The van der Waals surface area contributed by atoms with Crippen LogP contribution in [0.2, 0.25) is 0 Å². The van der Waals surface area contributed by atoms with Crippen LogP contribution in [0.4, 0.5) is 5.69 Å². The Bertz CT molecular complexity index is 730. The Balaban J connectivity index is 2.28. The molecule has 1 aromatic heterocycles. The minimum absolute atomic E-state index is 0.223. The van der Waals surface area contributed by atoms with Crippen LogP contribution >= 0.6 is 0 Å². The van der Waals surface area contributed by atoms with Crippen molar-refractivity contribution in [3.05, 3.63) is 46.4 Å². The van der Waals surface area contributed by atoms with Gasteiger partial charge < -0.3 is 19.9 Å². The molecule has 2 aromatic rings. The lowest BCUT2D eigenvalue weighted by Gasteiger charge is -2.07. The van der Waals surface area contributed by atoms with E-state index in [0.717, 1.165) is 5.56 Å². The van der Waals surface area contributed by atoms with Crippen molar-refractivity contribution in [3.8, 4) is 5.75 Å². The van der Waals surface area contributed by atoms with Gasteiger partial charge in [-0.15, -0.1) is 0 Å². The number of furan rings is 1. The van der Waals surface area contributed by atoms with Crippen LogP contribution in [0.1, 0.15) is 37.8 Å². The monoisotopic (exact) mass is 289 g/mol. The van der Waals surface area contributed by atoms with E-state index in [2.05, 4.69) is 5.32 Å². The summed E-state index contributed by atoms with van der Waals surface area (Å²) < 4.78 is 5.39. The maximum absolute atomic E-state index is 12.2. The third kappa shape index (κ3) is 2.74. The molecular weight excluding hydrogens is 274 g/mol. The number of hydrogen-bond donors (Lipinski definition) is 3. The third-order valence-corrected chi connectivity index (χ3v) is 3.27. The van der Waals surface area contributed by atoms with Crippen LogP contribution in [0.25, 0.3) is 0 Å². The summed E-state index contributed by atoms with van der Waals surface area (Å²) in [7, 11) is 0. The summed E-state index contributed by atoms with van der Waals surface area (Å²) in [6, 6.07) is 3.84. The Morgan fingerprint density at radius 3 is 2.29 bits per heavy atom. The Hall–Kier alpha value is -2.76. The number of hydrogen-bond acceptors (Lipinski definition) is 4. The van der Waals surface area contributed by atoms with Gasteiger partial charge in [0.15, 0.2) is 0 Å². The summed E-state index contributed by atoms with van der Waals surface area (Å²) in [4.78, 5) is 23.0. The van der Waals surface area contributed by atoms with Gasteiger partial charge in [0.05, 0.1) is 5.56 Å². The van der Waals surface area contributed by atoms with Crippen molar-refractivity contribution in [2.24, 2.45) is 0 Å². The molecule has 0 radical (unpaired) electrons. The van der Waals surface area contributed by atoms with Crippen molar-refractivity contribution in [3.63, 3.8) is 0 Å². The molecule has 0 saturated heterocycles. The van der Waals surface area contributed by atoms with Crippen molar-refractivity contribution in [2.75, 3.05) is 5.32 Å². The summed E-state index contributed by atoms with van der Waals surface area (Å²) in [6.45, 7) is 5.25. The first kappa shape index (κ1) is 14.6. The number of aryl methyl sites for hydroxylation is 2. The molecular formula is C15H15NO5. The van der Waals surface area contributed by atoms with Gasteiger partial charge in [0.1, 0.15) is 22.8 Å². The number of carboxylic acid groups (broad SMARTS) is 1. The number of carbonyl (C=O) groups is 2. The van der Waals surface area contributed by atoms with Gasteiger partial charge in [-0.3, -0.25) is 4.79 Å². The quantitative estimate of drug-likeness (QED) is 0.806. The van der Waals surface area contributed by atoms with Crippen LogP contribution in [0, 0.1) is 20.8 Å². The molecule has 0 fully saturated rings. The van der Waals surface area contributed by atoms with E-state index in [4.69, 9.17) is 9.52 Å². The lowest BCUT2D eigenvalue weighted by Crippen LogP contribution is -2.13. The Kier molecular flexibility index (Phi) is 3.71. The normalized spacial score (nSPS) is 10.4. The number of phenols is 1. The fourth-order valence-corrected chi connectivity index (χ4v) is 2.11. The molecule has 0 aliphatic heterocycles. The second-order valence-corrected chi connectivity index (χ2v) is 4.71. The molecule has 0 bridgehead atoms. The smallest absolute Gasteiger partial charge is 0.339 e. The standard InChI is InChI=1S/C15H15NO5/c1-7-8(2)21-9(3)13(7)14(18)16-10-4-5-11(15(19)20)12(17)6-10/h4-6,17H,1-3H3,(H,16,18)(H,19,20). The highest BCUT2D eigenvalue weighted by atomic mass is 16.4. The van der Waals surface area contributed by atoms with Crippen molar-refractivity contribution in [1.29, 1.82) is 0 Å². The molecule has 0 atom stereocenters. The first-order chi connectivity index (χ1) is 9.81. The number of rotatable bonds is 3. The lowest BCUT2D eigenvalue weighted by molar-refractivity contribution is 0.0693. The van der Waals surface area contributed by atoms with E-state index in [1.54, 1.807) is 20.8 Å². The SMILES string of the molecule is Cc1oc(C)c(C(=O)Nc2ccc(C(=O)O)c(O)c2)c1C. The Morgan fingerprint density at radius 2 is 1.81 bits per heavy atom. The highest BCUT2D eigenvalue weighted by Gasteiger charge is 2.19. The molecule has 6 heteroatoms. The highest BCUT2D eigenvalue weighted by molar-refractivity contribution is 6.06. The molecule has 1 aromatic carbocycles. The summed E-state index contributed by atoms with van der Waals surface area (Å²) in [5.74, 6) is -0.834. The fraction of sp³-hybridized carbons (Fsp3) is 0.200. The number of nitrogens with one attached hydrogen (secondary N) is 1. The van der Waals surface area contributed by atoms with Gasteiger partial charge >= 0.3 is 5.97 Å². The van der Waals surface area contributed by atoms with E-state index < -0.39 is 11.7 Å². The molecule has 2 rings (SSSR count). The molecule has 0 saturated carbocycles. The van der Waals surface area contributed by atoms with Crippen LogP contribution < -0.4 is 5.32 Å². The van der Waals surface area contributed by atoms with E-state index in [1.165, 1.54) is 18.2 Å². The molecule has 0 aliphatic carbocycles. The zero-order chi connectivity index (χ0) is 15.7. The lowest BCUT2D eigenvalue weighted by atomic mass is 10.1. The van der Waals surface area contributed by atoms with Gasteiger partial charge in [-0.1, -0.05) is 0 Å². The van der Waals surface area contributed by atoms with E-state index in [1.807, 2.05) is 0 Å². The fourth-order valence-electron chi connectivity index (χ4n) is 2.11. The second-order valence-electron chi connectivity index (χ2n) is 4.71. The molecule has 0 unspecified atom stereocenters. The van der Waals surface area contributed by atoms with Crippen molar-refractivity contribution >= 4 is 17.6 Å². The molecule has 6 nitrogen and oxygen atoms in total. The van der Waals surface area contributed by atoms with Gasteiger partial charge in [0.2, 0.25) is 0 Å². The van der Waals surface area contributed by atoms with Crippen LogP contribution in [0.5, 0.6) is 5.75 Å². The Morgan fingerprint density at radius 1 is 1.14 bits per heavy atom. The van der Waals surface area contributed by atoms with E-state index >= 15 is 0 Å². The predicted octanol–water partition coefficient (Wildman–Crippen LogP) is 2.86. The molecule has 1 heterocycles. The van der Waals surface area contributed by atoms with Gasteiger partial charge in [0.25, 0.3) is 5.91 Å². The number of aromatic hydroxyl groups is 1. The first-order valence-electron chi connectivity index (χ1n) is 6.25. The number of aromatic carboxylic acids is 1. The van der Waals surface area contributed by atoms with E-state index in [-0.39, 0.29) is 11.5 Å². The number of carboxylic acids is 1. The summed E-state index contributed by atoms with van der Waals surface area (Å²) in [5, 5.41) is 21.0. The van der Waals surface area contributed by atoms with Crippen LogP contribution in [-0.4, -0.2) is 22.1 Å². The molecule has 0 spiro atoms. The van der Waals surface area contributed by atoms with Gasteiger partial charge in [-0.2, -0.15) is 0 Å². The van der Waals surface area contributed by atoms with Crippen LogP contribution in [0.15, 0.2) is 22.6 Å². The van der Waals surface area contributed by atoms with Gasteiger partial charge in [-0.25, -0.2) is 4.79 Å². The van der Waals surface area contributed by atoms with E-state index in [0.29, 0.717) is 22.8 Å². The van der Waals surface area contributed by atoms with Crippen LogP contribution in [0.3, 0.4) is 0 Å². The van der Waals surface area contributed by atoms with Crippen molar-refractivity contribution in [1.82, 2.24) is 0 Å². The van der Waals surface area contributed by atoms with Gasteiger partial charge in [0, 0.05) is 17.3 Å². The first-order valence-corrected chi connectivity index (χ1v) is 6.25. The van der Waals surface area contributed by atoms with E-state index in [9.17, 15) is 14.7 Å². The number of benzene rings is 1. The minimum atomic E-state index is -1.23. The number of carbonyl (C=O) groups excluding carboxylic acids is 1.